The van der Waals surface area contributed by atoms with Crippen molar-refractivity contribution in [3.8, 4) is 0 Å². The van der Waals surface area contributed by atoms with Gasteiger partial charge in [0.2, 0.25) is 11.8 Å². The first-order chi connectivity index (χ1) is 11.4. The first-order valence-electron chi connectivity index (χ1n) is 8.19. The largest absolute Gasteiger partial charge is 0.326 e. The summed E-state index contributed by atoms with van der Waals surface area (Å²) in [5.41, 5.74) is 5.11. The fraction of sp³-hybridized carbons (Fsp3) is 0.300. The van der Waals surface area contributed by atoms with Gasteiger partial charge in [-0.2, -0.15) is 0 Å². The maximum atomic E-state index is 12.5. The van der Waals surface area contributed by atoms with E-state index in [1.807, 2.05) is 63.2 Å². The number of rotatable bonds is 3. The average Bonchev–Trinajstić information content (AvgIpc) is 2.94. The van der Waals surface area contributed by atoms with Gasteiger partial charge < -0.3 is 10.2 Å². The van der Waals surface area contributed by atoms with Crippen molar-refractivity contribution in [1.82, 2.24) is 0 Å². The number of nitrogens with zero attached hydrogens (tertiary/aromatic N) is 1. The van der Waals surface area contributed by atoms with Gasteiger partial charge in [-0.1, -0.05) is 23.8 Å². The molecule has 124 valence electrons. The number of carbonyl (C=O) groups excluding carboxylic acids is 2. The minimum absolute atomic E-state index is 0.000843. The molecule has 1 N–H and O–H groups in total. The molecule has 4 heteroatoms. The Labute approximate surface area is 142 Å². The third kappa shape index (κ3) is 3.32. The molecular formula is C20H22N2O2. The fourth-order valence-electron chi connectivity index (χ4n) is 2.92. The molecule has 1 fully saturated rings. The van der Waals surface area contributed by atoms with Gasteiger partial charge >= 0.3 is 0 Å². The van der Waals surface area contributed by atoms with Gasteiger partial charge in [-0.15, -0.1) is 0 Å². The highest BCUT2D eigenvalue weighted by Gasteiger charge is 2.35. The van der Waals surface area contributed by atoms with Crippen molar-refractivity contribution in [2.24, 2.45) is 5.92 Å². The zero-order valence-electron chi connectivity index (χ0n) is 14.3. The monoisotopic (exact) mass is 322 g/mol. The van der Waals surface area contributed by atoms with Gasteiger partial charge in [-0.25, -0.2) is 0 Å². The number of amides is 2. The van der Waals surface area contributed by atoms with E-state index in [9.17, 15) is 9.59 Å². The summed E-state index contributed by atoms with van der Waals surface area (Å²) in [6.07, 6.45) is 0.255. The molecule has 1 unspecified atom stereocenters. The maximum Gasteiger partial charge on any atom is 0.229 e. The van der Waals surface area contributed by atoms with Crippen LogP contribution in [0.1, 0.15) is 23.1 Å². The van der Waals surface area contributed by atoms with E-state index in [0.717, 1.165) is 22.5 Å². The predicted octanol–water partition coefficient (Wildman–Crippen LogP) is 3.60. The van der Waals surface area contributed by atoms with Crippen LogP contribution < -0.4 is 10.2 Å². The molecule has 0 aromatic heterocycles. The smallest absolute Gasteiger partial charge is 0.229 e. The van der Waals surface area contributed by atoms with Crippen LogP contribution in [0, 0.1) is 26.7 Å². The molecule has 0 aliphatic carbocycles. The van der Waals surface area contributed by atoms with Crippen LogP contribution in [-0.2, 0) is 9.59 Å². The van der Waals surface area contributed by atoms with Crippen LogP contribution in [0.3, 0.4) is 0 Å². The number of hydrogen-bond acceptors (Lipinski definition) is 2. The van der Waals surface area contributed by atoms with Gasteiger partial charge in [0.15, 0.2) is 0 Å². The van der Waals surface area contributed by atoms with E-state index in [1.54, 1.807) is 4.90 Å². The Hall–Kier alpha value is -2.62. The normalized spacial score (nSPS) is 17.2. The fourth-order valence-corrected chi connectivity index (χ4v) is 2.92. The Morgan fingerprint density at radius 1 is 1.04 bits per heavy atom. The van der Waals surface area contributed by atoms with Crippen LogP contribution in [0.25, 0.3) is 0 Å². The van der Waals surface area contributed by atoms with Crippen molar-refractivity contribution in [3.63, 3.8) is 0 Å². The van der Waals surface area contributed by atoms with Gasteiger partial charge in [0.05, 0.1) is 5.92 Å². The molecule has 1 aliphatic heterocycles. The molecule has 1 aliphatic rings. The second kappa shape index (κ2) is 6.48. The third-order valence-electron chi connectivity index (χ3n) is 4.62. The molecule has 4 nitrogen and oxygen atoms in total. The van der Waals surface area contributed by atoms with E-state index < -0.39 is 0 Å². The van der Waals surface area contributed by atoms with Gasteiger partial charge in [0.1, 0.15) is 0 Å². The van der Waals surface area contributed by atoms with Crippen molar-refractivity contribution in [1.29, 1.82) is 0 Å². The predicted molar refractivity (Wildman–Crippen MR) is 96.2 cm³/mol. The minimum Gasteiger partial charge on any atom is -0.326 e. The SMILES string of the molecule is Cc1ccc(N2CC(C(=O)Nc3ccc(C)c(C)c3)CC2=O)cc1. The number of carbonyl (C=O) groups is 2. The average molecular weight is 322 g/mol. The first-order valence-corrected chi connectivity index (χ1v) is 8.19. The van der Waals surface area contributed by atoms with E-state index in [-0.39, 0.29) is 24.2 Å². The van der Waals surface area contributed by atoms with Gasteiger partial charge in [-0.05, 0) is 56.2 Å². The van der Waals surface area contributed by atoms with Crippen LogP contribution in [0.2, 0.25) is 0 Å². The Morgan fingerprint density at radius 3 is 2.42 bits per heavy atom. The molecule has 1 atom stereocenters. The number of nitrogens with one attached hydrogen (secondary N) is 1. The molecule has 24 heavy (non-hydrogen) atoms. The maximum absolute atomic E-state index is 12.5. The van der Waals surface area contributed by atoms with Crippen molar-refractivity contribution >= 4 is 23.2 Å². The highest BCUT2D eigenvalue weighted by molar-refractivity contribution is 6.03. The molecule has 1 saturated heterocycles. The standard InChI is InChI=1S/C20H22N2O2/c1-13-4-8-18(9-5-13)22-12-16(11-19(22)23)20(24)21-17-7-6-14(2)15(3)10-17/h4-10,16H,11-12H2,1-3H3,(H,21,24). The molecule has 3 rings (SSSR count). The summed E-state index contributed by atoms with van der Waals surface area (Å²) < 4.78 is 0. The molecule has 2 aromatic rings. The zero-order valence-corrected chi connectivity index (χ0v) is 14.3. The molecule has 0 spiro atoms. The lowest BCUT2D eigenvalue weighted by Gasteiger charge is -2.17. The number of benzene rings is 2. The molecule has 2 aromatic carbocycles. The lowest BCUT2D eigenvalue weighted by atomic mass is 10.1. The van der Waals surface area contributed by atoms with E-state index in [1.165, 1.54) is 5.56 Å². The van der Waals surface area contributed by atoms with Crippen LogP contribution in [0.5, 0.6) is 0 Å². The van der Waals surface area contributed by atoms with E-state index in [0.29, 0.717) is 6.54 Å². The van der Waals surface area contributed by atoms with E-state index in [2.05, 4.69) is 5.32 Å². The van der Waals surface area contributed by atoms with Crippen molar-refractivity contribution in [2.75, 3.05) is 16.8 Å². The molecule has 2 amide bonds. The highest BCUT2D eigenvalue weighted by atomic mass is 16.2. The van der Waals surface area contributed by atoms with Crippen LogP contribution >= 0.6 is 0 Å². The quantitative estimate of drug-likeness (QED) is 0.938. The zero-order chi connectivity index (χ0) is 17.3. The molecule has 0 radical (unpaired) electrons. The Balaban J connectivity index is 1.69. The molecule has 0 saturated carbocycles. The Morgan fingerprint density at radius 2 is 1.75 bits per heavy atom. The summed E-state index contributed by atoms with van der Waals surface area (Å²) in [7, 11) is 0. The summed E-state index contributed by atoms with van der Waals surface area (Å²) in [6, 6.07) is 13.7. The lowest BCUT2D eigenvalue weighted by molar-refractivity contribution is -0.122. The number of aryl methyl sites for hydroxylation is 3. The van der Waals surface area contributed by atoms with Gasteiger partial charge in [0.25, 0.3) is 0 Å². The third-order valence-corrected chi connectivity index (χ3v) is 4.62. The van der Waals surface area contributed by atoms with Gasteiger partial charge in [0, 0.05) is 24.3 Å². The molecule has 1 heterocycles. The van der Waals surface area contributed by atoms with Crippen LogP contribution in [-0.4, -0.2) is 18.4 Å². The number of anilines is 2. The Bertz CT molecular complexity index is 781. The first kappa shape index (κ1) is 16.2. The van der Waals surface area contributed by atoms with Crippen LogP contribution in [0.15, 0.2) is 42.5 Å². The molecule has 0 bridgehead atoms. The van der Waals surface area contributed by atoms with E-state index in [4.69, 9.17) is 0 Å². The van der Waals surface area contributed by atoms with E-state index >= 15 is 0 Å². The summed E-state index contributed by atoms with van der Waals surface area (Å²) in [6.45, 7) is 6.49. The lowest BCUT2D eigenvalue weighted by Crippen LogP contribution is -2.28. The highest BCUT2D eigenvalue weighted by Crippen LogP contribution is 2.26. The summed E-state index contributed by atoms with van der Waals surface area (Å²) in [5.74, 6) is -0.416. The van der Waals surface area contributed by atoms with Crippen LogP contribution in [0.4, 0.5) is 11.4 Å². The van der Waals surface area contributed by atoms with Crippen molar-refractivity contribution in [2.45, 2.75) is 27.2 Å². The van der Waals surface area contributed by atoms with Crippen molar-refractivity contribution in [3.05, 3.63) is 59.2 Å². The second-order valence-corrected chi connectivity index (χ2v) is 6.53. The minimum atomic E-state index is -0.319. The number of hydrogen-bond donors (Lipinski definition) is 1. The summed E-state index contributed by atoms with van der Waals surface area (Å²) >= 11 is 0. The second-order valence-electron chi connectivity index (χ2n) is 6.53. The topological polar surface area (TPSA) is 49.4 Å². The van der Waals surface area contributed by atoms with Gasteiger partial charge in [-0.3, -0.25) is 9.59 Å². The summed E-state index contributed by atoms with van der Waals surface area (Å²) in [5, 5.41) is 2.94. The Kier molecular flexibility index (Phi) is 4.38. The van der Waals surface area contributed by atoms with Crippen molar-refractivity contribution < 1.29 is 9.59 Å². The summed E-state index contributed by atoms with van der Waals surface area (Å²) in [4.78, 5) is 26.5. The molecular weight excluding hydrogens is 300 g/mol.